The molecule has 0 saturated carbocycles. The molecule has 0 aromatic rings. The molecular formula is C4H9NO. The monoisotopic (exact) mass is 87.1 g/mol. The topological polar surface area (TPSA) is 26.1 Å². The average Bonchev–Trinajstić information content (AvgIpc) is 1.65. The molecule has 0 aromatic heterocycles. The lowest BCUT2D eigenvalue weighted by atomic mass is 10.7. The zero-order chi connectivity index (χ0) is 4.99. The fourth-order valence-corrected chi connectivity index (χ4v) is 0.183. The molecule has 2 nitrogen and oxygen atoms in total. The SMILES string of the molecule is C/C=[N+](/[O-])CC. The first kappa shape index (κ1) is 5.47. The summed E-state index contributed by atoms with van der Waals surface area (Å²) in [4.78, 5) is 0. The smallest absolute Gasteiger partial charge is 0.150 e. The maximum Gasteiger partial charge on any atom is 0.150 e. The second-order valence-electron chi connectivity index (χ2n) is 0.992. The Hall–Kier alpha value is -0.530. The zero-order valence-corrected chi connectivity index (χ0v) is 4.14. The third-order valence-electron chi connectivity index (χ3n) is 0.600. The van der Waals surface area contributed by atoms with Gasteiger partial charge in [0.05, 0.1) is 0 Å². The van der Waals surface area contributed by atoms with Gasteiger partial charge in [0.1, 0.15) is 12.8 Å². The van der Waals surface area contributed by atoms with Crippen LogP contribution in [0.25, 0.3) is 0 Å². The van der Waals surface area contributed by atoms with Crippen molar-refractivity contribution in [2.75, 3.05) is 6.54 Å². The molecule has 0 N–H and O–H groups in total. The Balaban J connectivity index is 3.22. The highest BCUT2D eigenvalue weighted by Gasteiger charge is 1.72. The van der Waals surface area contributed by atoms with Crippen LogP contribution in [0.3, 0.4) is 0 Å². The van der Waals surface area contributed by atoms with Gasteiger partial charge in [-0.3, -0.25) is 0 Å². The van der Waals surface area contributed by atoms with E-state index in [1.807, 2.05) is 6.92 Å². The van der Waals surface area contributed by atoms with Crippen molar-refractivity contribution in [3.63, 3.8) is 0 Å². The van der Waals surface area contributed by atoms with Gasteiger partial charge in [0, 0.05) is 6.92 Å². The van der Waals surface area contributed by atoms with Gasteiger partial charge in [0.2, 0.25) is 0 Å². The minimum absolute atomic E-state index is 0.552. The van der Waals surface area contributed by atoms with Gasteiger partial charge < -0.3 is 5.21 Å². The lowest BCUT2D eigenvalue weighted by Gasteiger charge is -1.93. The second kappa shape index (κ2) is 2.69. The summed E-state index contributed by atoms with van der Waals surface area (Å²) >= 11 is 0. The summed E-state index contributed by atoms with van der Waals surface area (Å²) in [5, 5.41) is 10.0. The van der Waals surface area contributed by atoms with E-state index < -0.39 is 0 Å². The van der Waals surface area contributed by atoms with Crippen LogP contribution in [-0.4, -0.2) is 17.5 Å². The summed E-state index contributed by atoms with van der Waals surface area (Å²) in [5.74, 6) is 0. The number of rotatable bonds is 1. The fraction of sp³-hybridized carbons (Fsp3) is 0.750. The Morgan fingerprint density at radius 2 is 2.33 bits per heavy atom. The van der Waals surface area contributed by atoms with Gasteiger partial charge in [0.25, 0.3) is 0 Å². The first-order valence-corrected chi connectivity index (χ1v) is 2.04. The van der Waals surface area contributed by atoms with Crippen LogP contribution in [0.5, 0.6) is 0 Å². The summed E-state index contributed by atoms with van der Waals surface area (Å²) in [5.41, 5.74) is 0. The summed E-state index contributed by atoms with van der Waals surface area (Å²) < 4.78 is 0.875. The molecular weight excluding hydrogens is 78.0 g/mol. The Bertz CT molecular complexity index is 58.6. The van der Waals surface area contributed by atoms with Crippen molar-refractivity contribution in [1.82, 2.24) is 0 Å². The average molecular weight is 87.1 g/mol. The van der Waals surface area contributed by atoms with Crippen LogP contribution in [0.4, 0.5) is 0 Å². The molecule has 0 heterocycles. The molecule has 0 saturated heterocycles. The molecule has 0 rings (SSSR count). The van der Waals surface area contributed by atoms with E-state index in [9.17, 15) is 5.21 Å². The van der Waals surface area contributed by atoms with Crippen LogP contribution in [0.1, 0.15) is 13.8 Å². The van der Waals surface area contributed by atoms with Crippen LogP contribution < -0.4 is 0 Å². The Morgan fingerprint density at radius 3 is 2.33 bits per heavy atom. The summed E-state index contributed by atoms with van der Waals surface area (Å²) in [7, 11) is 0. The zero-order valence-electron chi connectivity index (χ0n) is 4.14. The van der Waals surface area contributed by atoms with Crippen molar-refractivity contribution < 1.29 is 4.74 Å². The second-order valence-corrected chi connectivity index (χ2v) is 0.992. The summed E-state index contributed by atoms with van der Waals surface area (Å²) in [6, 6.07) is 0. The minimum Gasteiger partial charge on any atom is -0.624 e. The molecule has 0 aliphatic heterocycles. The van der Waals surface area contributed by atoms with Gasteiger partial charge in [0.15, 0.2) is 0 Å². The molecule has 0 fully saturated rings. The van der Waals surface area contributed by atoms with E-state index >= 15 is 0 Å². The van der Waals surface area contributed by atoms with E-state index in [0.29, 0.717) is 6.54 Å². The molecule has 0 aromatic carbocycles. The lowest BCUT2D eigenvalue weighted by molar-refractivity contribution is -0.448. The molecule has 0 aliphatic carbocycles. The first-order valence-electron chi connectivity index (χ1n) is 2.04. The van der Waals surface area contributed by atoms with Gasteiger partial charge in [-0.2, -0.15) is 0 Å². The van der Waals surface area contributed by atoms with Crippen LogP contribution in [0.2, 0.25) is 0 Å². The van der Waals surface area contributed by atoms with Crippen molar-refractivity contribution in [1.29, 1.82) is 0 Å². The van der Waals surface area contributed by atoms with E-state index in [0.717, 1.165) is 4.74 Å². The van der Waals surface area contributed by atoms with Gasteiger partial charge in [-0.15, -0.1) is 0 Å². The van der Waals surface area contributed by atoms with Crippen molar-refractivity contribution in [3.8, 4) is 0 Å². The minimum atomic E-state index is 0.552. The molecule has 0 bridgehead atoms. The quantitative estimate of drug-likeness (QED) is 0.199. The normalized spacial score (nSPS) is 12.0. The molecule has 6 heavy (non-hydrogen) atoms. The van der Waals surface area contributed by atoms with E-state index in [1.54, 1.807) is 6.92 Å². The van der Waals surface area contributed by atoms with Gasteiger partial charge in [-0.25, -0.2) is 4.74 Å². The molecule has 0 atom stereocenters. The van der Waals surface area contributed by atoms with Crippen molar-refractivity contribution in [2.24, 2.45) is 0 Å². The van der Waals surface area contributed by atoms with Crippen molar-refractivity contribution >= 4 is 6.21 Å². The molecule has 0 amide bonds. The maximum absolute atomic E-state index is 10.0. The standard InChI is InChI=1S/C4H9NO/c1-3-5(6)4-2/h3H,4H2,1-2H3/b5-3+. The maximum atomic E-state index is 10.0. The highest BCUT2D eigenvalue weighted by atomic mass is 16.5. The Labute approximate surface area is 37.7 Å². The van der Waals surface area contributed by atoms with E-state index in [1.165, 1.54) is 6.21 Å². The molecule has 0 aliphatic rings. The van der Waals surface area contributed by atoms with Crippen LogP contribution >= 0.6 is 0 Å². The van der Waals surface area contributed by atoms with E-state index in [2.05, 4.69) is 0 Å². The number of hydrogen-bond acceptors (Lipinski definition) is 1. The van der Waals surface area contributed by atoms with Crippen molar-refractivity contribution in [3.05, 3.63) is 5.21 Å². The first-order chi connectivity index (χ1) is 2.81. The largest absolute Gasteiger partial charge is 0.624 e. The number of hydroxylamine groups is 1. The number of nitrogens with zero attached hydrogens (tertiary/aromatic N) is 1. The Morgan fingerprint density at radius 1 is 1.83 bits per heavy atom. The Kier molecular flexibility index (Phi) is 2.46. The lowest BCUT2D eigenvalue weighted by Crippen LogP contribution is -1.99. The molecule has 0 spiro atoms. The van der Waals surface area contributed by atoms with Gasteiger partial charge in [-0.05, 0) is 6.92 Å². The fourth-order valence-electron chi connectivity index (χ4n) is 0.183. The third-order valence-corrected chi connectivity index (χ3v) is 0.600. The molecule has 36 valence electrons. The molecule has 0 unspecified atom stereocenters. The molecule has 2 heteroatoms. The van der Waals surface area contributed by atoms with E-state index in [4.69, 9.17) is 0 Å². The number of hydrogen-bond donors (Lipinski definition) is 0. The highest BCUT2D eigenvalue weighted by molar-refractivity contribution is 5.46. The third kappa shape index (κ3) is 1.76. The van der Waals surface area contributed by atoms with Crippen LogP contribution in [0, 0.1) is 5.21 Å². The van der Waals surface area contributed by atoms with Crippen LogP contribution in [-0.2, 0) is 0 Å². The van der Waals surface area contributed by atoms with Gasteiger partial charge >= 0.3 is 0 Å². The van der Waals surface area contributed by atoms with Crippen molar-refractivity contribution in [2.45, 2.75) is 13.8 Å². The molecule has 0 radical (unpaired) electrons. The predicted octanol–water partition coefficient (Wildman–Crippen LogP) is 0.607. The predicted molar refractivity (Wildman–Crippen MR) is 25.9 cm³/mol. The summed E-state index contributed by atoms with van der Waals surface area (Å²) in [6.07, 6.45) is 1.50. The summed E-state index contributed by atoms with van der Waals surface area (Å²) in [6.45, 7) is 4.08. The van der Waals surface area contributed by atoms with E-state index in [-0.39, 0.29) is 0 Å². The van der Waals surface area contributed by atoms with Gasteiger partial charge in [-0.1, -0.05) is 0 Å². The highest BCUT2D eigenvalue weighted by Crippen LogP contribution is 1.61. The van der Waals surface area contributed by atoms with Crippen LogP contribution in [0.15, 0.2) is 0 Å².